The summed E-state index contributed by atoms with van der Waals surface area (Å²) in [4.78, 5) is 157. The lowest BCUT2D eigenvalue weighted by atomic mass is 10.0. The van der Waals surface area contributed by atoms with Crippen LogP contribution in [-0.2, 0) is 71.9 Å². The largest absolute Gasteiger partial charge is 0.508 e. The Morgan fingerprint density at radius 3 is 2.02 bits per heavy atom. The molecule has 0 aliphatic carbocycles. The van der Waals surface area contributed by atoms with E-state index in [0.29, 0.717) is 41.4 Å². The summed E-state index contributed by atoms with van der Waals surface area (Å²) in [5.74, 6) is -10.8. The number of ether oxygens (including phenoxy) is 1. The Kier molecular flexibility index (Phi) is 22.6. The number of rotatable bonds is 32. The number of aromatic hydroxyl groups is 1. The maximum Gasteiger partial charge on any atom is 0.245 e. The Bertz CT molecular complexity index is 3380. The van der Waals surface area contributed by atoms with Crippen LogP contribution in [0.25, 0.3) is 10.9 Å². The molecule has 29 heteroatoms. The number of aliphatic imine (C=N–C) groups is 1. The molecule has 4 heterocycles. The third-order valence-electron chi connectivity index (χ3n) is 14.3. The molecular formula is C60H86N16O13. The van der Waals surface area contributed by atoms with E-state index in [1.54, 1.807) is 77.3 Å². The number of para-hydroxylation sites is 1. The predicted molar refractivity (Wildman–Crippen MR) is 326 cm³/mol. The number of hydrogen-bond donors (Lipinski definition) is 15. The number of aliphatic hydroxyl groups is 1. The Labute approximate surface area is 522 Å². The molecule has 2 fully saturated rings. The van der Waals surface area contributed by atoms with Gasteiger partial charge in [-0.3, -0.25) is 52.9 Å². The molecule has 6 rings (SSSR count). The molecule has 0 spiro atoms. The van der Waals surface area contributed by atoms with Gasteiger partial charge in [-0.05, 0) is 101 Å². The molecule has 8 unspecified atom stereocenters. The number of benzene rings is 2. The molecule has 0 bridgehead atoms. The van der Waals surface area contributed by atoms with Crippen molar-refractivity contribution < 1.29 is 69.7 Å². The SMILES string of the molecule is [2H]C1([2H])C(=O)N[C@]([2H])(C(=O)NC(Cc2cnc[nH]2)C(=O)NC(Cc2c[nH]c3ccccc23)C(=O)NC(CO)C(=O)NC(Cc2ccc(O)cc2)C(=O)NC(COC(C)(C)C)C(=O)NC(CC(C)C)C(=O)NC(CCCN=C(N)N)C(=O)N2CCCC2C(=O)NCC)C1([2H])[2H]. The number of H-pyrrole nitrogens is 2. The Hall–Kier alpha value is -9.12. The van der Waals surface area contributed by atoms with E-state index >= 15 is 0 Å². The lowest BCUT2D eigenvalue weighted by Crippen LogP contribution is -2.62. The number of hydrogen-bond acceptors (Lipinski definition) is 15. The van der Waals surface area contributed by atoms with Gasteiger partial charge < -0.3 is 89.1 Å². The van der Waals surface area contributed by atoms with E-state index in [0.717, 1.165) is 0 Å². The van der Waals surface area contributed by atoms with Gasteiger partial charge in [0.2, 0.25) is 59.1 Å². The van der Waals surface area contributed by atoms with Crippen LogP contribution in [0.15, 0.2) is 72.2 Å². The van der Waals surface area contributed by atoms with Crippen LogP contribution in [0.1, 0.15) is 110 Å². The number of likely N-dealkylation sites (N-methyl/N-ethyl adjacent to an activating group) is 1. The van der Waals surface area contributed by atoms with Gasteiger partial charge in [0.1, 0.15) is 60.1 Å². The summed E-state index contributed by atoms with van der Waals surface area (Å²) >= 11 is 0. The number of guanidine groups is 1. The van der Waals surface area contributed by atoms with Crippen molar-refractivity contribution in [3.05, 3.63) is 84.1 Å². The van der Waals surface area contributed by atoms with Crippen LogP contribution >= 0.6 is 0 Å². The third-order valence-corrected chi connectivity index (χ3v) is 14.3. The second-order valence-corrected chi connectivity index (χ2v) is 23.0. The highest BCUT2D eigenvalue weighted by Gasteiger charge is 2.40. The quantitative estimate of drug-likeness (QED) is 0.0148. The molecule has 2 saturated heterocycles. The van der Waals surface area contributed by atoms with E-state index in [4.69, 9.17) is 23.1 Å². The summed E-state index contributed by atoms with van der Waals surface area (Å²) in [5, 5.41) is 43.9. The highest BCUT2D eigenvalue weighted by molar-refractivity contribution is 5.99. The molecule has 2 aliphatic rings. The van der Waals surface area contributed by atoms with Crippen molar-refractivity contribution in [2.24, 2.45) is 22.4 Å². The van der Waals surface area contributed by atoms with Crippen LogP contribution in [0.2, 0.25) is 0 Å². The number of likely N-dealkylation sites (tertiary alicyclic amines) is 1. The smallest absolute Gasteiger partial charge is 0.245 e. The second kappa shape index (κ2) is 32.7. The highest BCUT2D eigenvalue weighted by atomic mass is 16.5. The lowest BCUT2D eigenvalue weighted by molar-refractivity contribution is -0.142. The maximum absolute atomic E-state index is 14.8. The van der Waals surface area contributed by atoms with Crippen LogP contribution in [0.5, 0.6) is 5.75 Å². The van der Waals surface area contributed by atoms with Gasteiger partial charge in [0.05, 0.1) is 26.5 Å². The van der Waals surface area contributed by atoms with E-state index in [9.17, 15) is 58.2 Å². The fourth-order valence-electron chi connectivity index (χ4n) is 9.87. The molecule has 29 nitrogen and oxygen atoms in total. The van der Waals surface area contributed by atoms with Crippen LogP contribution < -0.4 is 59.3 Å². The van der Waals surface area contributed by atoms with Crippen LogP contribution in [0.4, 0.5) is 0 Å². The second-order valence-electron chi connectivity index (χ2n) is 23.0. The summed E-state index contributed by atoms with van der Waals surface area (Å²) in [7, 11) is 0. The molecular weight excluding hydrogens is 1150 g/mol. The van der Waals surface area contributed by atoms with Crippen molar-refractivity contribution in [3.8, 4) is 5.75 Å². The number of aromatic nitrogens is 3. The number of amides is 10. The van der Waals surface area contributed by atoms with Crippen LogP contribution in [0.3, 0.4) is 0 Å². The van der Waals surface area contributed by atoms with E-state index in [1.165, 1.54) is 41.7 Å². The molecule has 0 saturated carbocycles. The van der Waals surface area contributed by atoms with Gasteiger partial charge in [-0.1, -0.05) is 44.2 Å². The van der Waals surface area contributed by atoms with Gasteiger partial charge in [-0.15, -0.1) is 0 Å². The van der Waals surface area contributed by atoms with Crippen LogP contribution in [-0.4, -0.2) is 188 Å². The van der Waals surface area contributed by atoms with E-state index in [1.807, 2.05) is 0 Å². The van der Waals surface area contributed by atoms with Gasteiger partial charge in [0.15, 0.2) is 5.96 Å². The number of carbonyl (C=O) groups is 10. The summed E-state index contributed by atoms with van der Waals surface area (Å²) in [6, 6.07) is -2.86. The molecule has 89 heavy (non-hydrogen) atoms. The minimum absolute atomic E-state index is 0.0235. The van der Waals surface area contributed by atoms with Crippen molar-refractivity contribution in [1.82, 2.24) is 67.7 Å². The number of aliphatic hydroxyl groups excluding tert-OH is 1. The van der Waals surface area contributed by atoms with Crippen LogP contribution in [0, 0.1) is 5.92 Å². The number of nitrogens with two attached hydrogens (primary N) is 2. The number of imidazole rings is 1. The summed E-state index contributed by atoms with van der Waals surface area (Å²) < 4.78 is 47.3. The standard InChI is InChI=1S/C60H86N16O13/c1-7-64-57(87)48-15-11-23-76(48)58(88)41(14-10-22-65-59(61)62)69-51(81)42(24-33(2)3)70-56(86)47(31-89-60(4,5)6)75-52(82)43(25-34-16-18-37(78)19-17-34)71-55(85)46(30-77)74-53(83)44(26-35-28-66-39-13-9-8-12-38(35)39)72-54(84)45(27-36-29-63-32-67-36)73-50(80)40-20-21-49(79)68-40/h8-9,12-13,16-19,28-29,32-33,40-48,66,77-78H,7,10-11,14-15,20-27,30-31H2,1-6H3,(H,63,67)(H,64,87)(H,68,79)(H,69,81)(H,70,86)(H,71,85)(H,72,84)(H,73,80)(H,74,83)(H,75,82)(H4,61,62,65)/t40-,41?,42?,43?,44?,45?,46?,47?,48?/m0/s1/i20D2,21D2,40D. The zero-order chi connectivity index (χ0) is 69.5. The normalized spacial score (nSPS) is 20.0. The van der Waals surface area contributed by atoms with Crippen molar-refractivity contribution in [1.29, 1.82) is 0 Å². The monoisotopic (exact) mass is 1240 g/mol. The average Bonchev–Trinajstić information content (AvgIpc) is 1.56. The fourth-order valence-corrected chi connectivity index (χ4v) is 9.87. The molecule has 484 valence electrons. The number of nitrogens with one attached hydrogen (secondary N) is 11. The Morgan fingerprint density at radius 1 is 0.798 bits per heavy atom. The average molecular weight is 1240 g/mol. The number of carbonyl (C=O) groups excluding carboxylic acids is 10. The number of phenolic OH excluding ortho intramolecular Hbond substituents is 1. The Balaban J connectivity index is 1.27. The van der Waals surface area contributed by atoms with Gasteiger partial charge in [0.25, 0.3) is 0 Å². The van der Waals surface area contributed by atoms with Crippen molar-refractivity contribution >= 4 is 75.9 Å². The molecule has 17 N–H and O–H groups in total. The first-order valence-corrected chi connectivity index (χ1v) is 29.3. The number of aromatic amines is 2. The minimum Gasteiger partial charge on any atom is -0.508 e. The molecule has 0 radical (unpaired) electrons. The molecule has 4 aromatic rings. The van der Waals surface area contributed by atoms with Crippen molar-refractivity contribution in [2.45, 2.75) is 166 Å². The number of phenols is 1. The predicted octanol–water partition coefficient (Wildman–Crippen LogP) is -1.67. The van der Waals surface area contributed by atoms with Gasteiger partial charge in [-0.2, -0.15) is 0 Å². The Morgan fingerprint density at radius 2 is 1.40 bits per heavy atom. The number of nitrogens with zero attached hydrogens (tertiary/aromatic N) is 3. The lowest BCUT2D eigenvalue weighted by Gasteiger charge is -2.31. The van der Waals surface area contributed by atoms with Gasteiger partial charge in [0, 0.05) is 79.7 Å². The van der Waals surface area contributed by atoms with E-state index in [2.05, 4.69) is 62.5 Å². The number of fused-ring (bicyclic) bond motifs is 1. The van der Waals surface area contributed by atoms with Crippen molar-refractivity contribution in [3.63, 3.8) is 0 Å². The highest BCUT2D eigenvalue weighted by Crippen LogP contribution is 2.22. The molecule has 2 aromatic carbocycles. The first-order chi connectivity index (χ1) is 44.2. The van der Waals surface area contributed by atoms with Gasteiger partial charge >= 0.3 is 0 Å². The molecule has 2 aliphatic heterocycles. The first kappa shape index (κ1) is 61.5. The van der Waals surface area contributed by atoms with Crippen molar-refractivity contribution in [2.75, 3.05) is 32.8 Å². The third kappa shape index (κ3) is 21.0. The fraction of sp³-hybridized carbons (Fsp3) is 0.533. The zero-order valence-corrected chi connectivity index (χ0v) is 50.6. The van der Waals surface area contributed by atoms with E-state index in [-0.39, 0.29) is 74.4 Å². The summed E-state index contributed by atoms with van der Waals surface area (Å²) in [5.41, 5.74) is 11.8. The summed E-state index contributed by atoms with van der Waals surface area (Å²) in [6.45, 7) is 9.42. The topological polar surface area (TPSA) is 441 Å². The minimum atomic E-state index is -3.48. The molecule has 10 amide bonds. The van der Waals surface area contributed by atoms with E-state index < -0.39 is 145 Å². The molecule has 2 aromatic heterocycles. The summed E-state index contributed by atoms with van der Waals surface area (Å²) in [6.07, 6.45) is -2.67. The van der Waals surface area contributed by atoms with Gasteiger partial charge in [-0.25, -0.2) is 4.98 Å². The maximum atomic E-state index is 14.8. The zero-order valence-electron chi connectivity index (χ0n) is 55.6. The molecule has 9 atom stereocenters. The first-order valence-electron chi connectivity index (χ1n) is 31.8.